The molecular weight excluding hydrogens is 378 g/mol. The standard InChI is InChI=1S/C20H26F2N6O/c1-26(20-24-5-4-19(25-20)28-7-9-29-10-8-28)15-3-2-6-27(13-15)14-16-17(21)11-23-12-18(16)22/h4-5,11-12,15H,2-3,6-10,13-14H2,1H3. The highest BCUT2D eigenvalue weighted by Crippen LogP contribution is 2.23. The van der Waals surface area contributed by atoms with Crippen molar-refractivity contribution in [3.05, 3.63) is 41.9 Å². The molecule has 1 unspecified atom stereocenters. The normalized spacial score (nSPS) is 20.7. The molecule has 2 saturated heterocycles. The highest BCUT2D eigenvalue weighted by atomic mass is 19.1. The Morgan fingerprint density at radius 3 is 2.69 bits per heavy atom. The van der Waals surface area contributed by atoms with Crippen LogP contribution in [0.15, 0.2) is 24.7 Å². The van der Waals surface area contributed by atoms with E-state index in [1.807, 2.05) is 13.1 Å². The molecule has 4 heterocycles. The van der Waals surface area contributed by atoms with E-state index in [-0.39, 0.29) is 18.2 Å². The van der Waals surface area contributed by atoms with Crippen LogP contribution in [0.25, 0.3) is 0 Å². The maximum Gasteiger partial charge on any atom is 0.227 e. The third kappa shape index (κ3) is 4.62. The molecular formula is C20H26F2N6O. The van der Waals surface area contributed by atoms with Crippen molar-refractivity contribution >= 4 is 11.8 Å². The van der Waals surface area contributed by atoms with Crippen LogP contribution in [0.3, 0.4) is 0 Å². The number of ether oxygens (including phenoxy) is 1. The van der Waals surface area contributed by atoms with E-state index in [2.05, 4.69) is 24.7 Å². The van der Waals surface area contributed by atoms with Gasteiger partial charge in [0.15, 0.2) is 0 Å². The average Bonchev–Trinajstić information content (AvgIpc) is 2.77. The fourth-order valence-electron chi connectivity index (χ4n) is 3.94. The van der Waals surface area contributed by atoms with Crippen molar-refractivity contribution in [1.29, 1.82) is 0 Å². The lowest BCUT2D eigenvalue weighted by Crippen LogP contribution is -2.47. The number of pyridine rings is 1. The minimum Gasteiger partial charge on any atom is -0.378 e. The molecule has 0 radical (unpaired) electrons. The molecule has 4 rings (SSSR count). The van der Waals surface area contributed by atoms with E-state index in [4.69, 9.17) is 9.72 Å². The smallest absolute Gasteiger partial charge is 0.227 e. The maximum atomic E-state index is 14.0. The van der Waals surface area contributed by atoms with Crippen molar-refractivity contribution in [2.24, 2.45) is 0 Å². The van der Waals surface area contributed by atoms with Crippen molar-refractivity contribution in [1.82, 2.24) is 19.9 Å². The van der Waals surface area contributed by atoms with Gasteiger partial charge in [0.05, 0.1) is 25.6 Å². The zero-order valence-electron chi connectivity index (χ0n) is 16.6. The first kappa shape index (κ1) is 19.9. The first-order valence-electron chi connectivity index (χ1n) is 10.0. The highest BCUT2D eigenvalue weighted by Gasteiger charge is 2.26. The van der Waals surface area contributed by atoms with E-state index < -0.39 is 11.6 Å². The van der Waals surface area contributed by atoms with Crippen LogP contribution in [0, 0.1) is 11.6 Å². The lowest BCUT2D eigenvalue weighted by molar-refractivity contribution is 0.122. The Labute approximate surface area is 169 Å². The summed E-state index contributed by atoms with van der Waals surface area (Å²) in [4.78, 5) is 19.1. The molecule has 2 aliphatic rings. The summed E-state index contributed by atoms with van der Waals surface area (Å²) < 4.78 is 33.4. The molecule has 0 saturated carbocycles. The summed E-state index contributed by atoms with van der Waals surface area (Å²) in [5, 5.41) is 0. The van der Waals surface area contributed by atoms with Gasteiger partial charge >= 0.3 is 0 Å². The molecule has 7 nitrogen and oxygen atoms in total. The summed E-state index contributed by atoms with van der Waals surface area (Å²) >= 11 is 0. The Hall–Kier alpha value is -2.39. The Balaban J connectivity index is 1.44. The molecule has 2 aromatic heterocycles. The van der Waals surface area contributed by atoms with E-state index in [9.17, 15) is 8.78 Å². The number of hydrogen-bond donors (Lipinski definition) is 0. The monoisotopic (exact) mass is 404 g/mol. The van der Waals surface area contributed by atoms with Crippen LogP contribution in [-0.2, 0) is 11.3 Å². The first-order chi connectivity index (χ1) is 14.1. The van der Waals surface area contributed by atoms with Gasteiger partial charge < -0.3 is 14.5 Å². The van der Waals surface area contributed by atoms with Gasteiger partial charge in [-0.3, -0.25) is 9.88 Å². The molecule has 1 atom stereocenters. The van der Waals surface area contributed by atoms with Gasteiger partial charge in [0.1, 0.15) is 17.5 Å². The third-order valence-electron chi connectivity index (χ3n) is 5.64. The van der Waals surface area contributed by atoms with Gasteiger partial charge in [0.25, 0.3) is 0 Å². The van der Waals surface area contributed by atoms with Gasteiger partial charge in [-0.2, -0.15) is 4.98 Å². The molecule has 0 spiro atoms. The topological polar surface area (TPSA) is 57.6 Å². The fourth-order valence-corrected chi connectivity index (χ4v) is 3.94. The Kier molecular flexibility index (Phi) is 6.15. The van der Waals surface area contributed by atoms with Gasteiger partial charge in [-0.05, 0) is 25.5 Å². The SMILES string of the molecule is CN(c1nccc(N2CCOCC2)n1)C1CCCN(Cc2c(F)cncc2F)C1. The van der Waals surface area contributed by atoms with Gasteiger partial charge in [-0.25, -0.2) is 13.8 Å². The number of hydrogen-bond acceptors (Lipinski definition) is 7. The summed E-state index contributed by atoms with van der Waals surface area (Å²) in [6, 6.07) is 2.10. The lowest BCUT2D eigenvalue weighted by atomic mass is 10.0. The summed E-state index contributed by atoms with van der Waals surface area (Å²) in [6.45, 7) is 4.78. The van der Waals surface area contributed by atoms with Crippen molar-refractivity contribution in [3.63, 3.8) is 0 Å². The minimum absolute atomic E-state index is 0.0777. The van der Waals surface area contributed by atoms with Crippen LogP contribution in [0.5, 0.6) is 0 Å². The van der Waals surface area contributed by atoms with Crippen LogP contribution in [0.2, 0.25) is 0 Å². The Morgan fingerprint density at radius 2 is 1.93 bits per heavy atom. The molecule has 156 valence electrons. The predicted molar refractivity (Wildman–Crippen MR) is 106 cm³/mol. The number of anilines is 2. The molecule has 9 heteroatoms. The second-order valence-corrected chi connectivity index (χ2v) is 7.54. The third-order valence-corrected chi connectivity index (χ3v) is 5.64. The maximum absolute atomic E-state index is 14.0. The first-order valence-corrected chi connectivity index (χ1v) is 10.0. The van der Waals surface area contributed by atoms with E-state index in [1.165, 1.54) is 0 Å². The van der Waals surface area contributed by atoms with E-state index in [0.29, 0.717) is 25.7 Å². The molecule has 0 bridgehead atoms. The summed E-state index contributed by atoms with van der Waals surface area (Å²) in [5.41, 5.74) is 0.0777. The Morgan fingerprint density at radius 1 is 1.17 bits per heavy atom. The number of likely N-dealkylation sites (tertiary alicyclic amines) is 1. The van der Waals surface area contributed by atoms with Crippen LogP contribution in [0.4, 0.5) is 20.5 Å². The van der Waals surface area contributed by atoms with E-state index >= 15 is 0 Å². The van der Waals surface area contributed by atoms with Gasteiger partial charge in [-0.1, -0.05) is 0 Å². The summed E-state index contributed by atoms with van der Waals surface area (Å²) in [6.07, 6.45) is 5.85. The fraction of sp³-hybridized carbons (Fsp3) is 0.550. The van der Waals surface area contributed by atoms with Crippen LogP contribution >= 0.6 is 0 Å². The Bertz CT molecular complexity index is 812. The molecule has 0 aromatic carbocycles. The highest BCUT2D eigenvalue weighted by molar-refractivity contribution is 5.44. The predicted octanol–water partition coefficient (Wildman–Crippen LogP) is 2.09. The largest absolute Gasteiger partial charge is 0.378 e. The summed E-state index contributed by atoms with van der Waals surface area (Å²) in [7, 11) is 1.99. The van der Waals surface area contributed by atoms with E-state index in [0.717, 1.165) is 50.7 Å². The van der Waals surface area contributed by atoms with Crippen molar-refractivity contribution in [2.75, 3.05) is 56.2 Å². The number of nitrogens with zero attached hydrogens (tertiary/aromatic N) is 6. The van der Waals surface area contributed by atoms with Crippen molar-refractivity contribution < 1.29 is 13.5 Å². The molecule has 0 aliphatic carbocycles. The minimum atomic E-state index is -0.595. The molecule has 2 aromatic rings. The molecule has 0 amide bonds. The quantitative estimate of drug-likeness (QED) is 0.756. The van der Waals surface area contributed by atoms with Gasteiger partial charge in [0, 0.05) is 51.0 Å². The number of likely N-dealkylation sites (N-methyl/N-ethyl adjacent to an activating group) is 1. The van der Waals surface area contributed by atoms with Crippen molar-refractivity contribution in [2.45, 2.75) is 25.4 Å². The molecule has 2 fully saturated rings. The number of halogens is 2. The average molecular weight is 404 g/mol. The number of piperidine rings is 1. The molecule has 29 heavy (non-hydrogen) atoms. The summed E-state index contributed by atoms with van der Waals surface area (Å²) in [5.74, 6) is 0.380. The number of morpholine rings is 1. The van der Waals surface area contributed by atoms with Gasteiger partial charge in [0.2, 0.25) is 5.95 Å². The van der Waals surface area contributed by atoms with E-state index in [1.54, 1.807) is 6.20 Å². The zero-order valence-corrected chi connectivity index (χ0v) is 16.6. The molecule has 2 aliphatic heterocycles. The number of aromatic nitrogens is 3. The molecule has 0 N–H and O–H groups in total. The second-order valence-electron chi connectivity index (χ2n) is 7.54. The second kappa shape index (κ2) is 8.96. The van der Waals surface area contributed by atoms with Gasteiger partial charge in [-0.15, -0.1) is 0 Å². The number of rotatable bonds is 5. The van der Waals surface area contributed by atoms with Crippen molar-refractivity contribution in [3.8, 4) is 0 Å². The van der Waals surface area contributed by atoms with Crippen LogP contribution in [-0.4, -0.2) is 72.3 Å². The van der Waals surface area contributed by atoms with Crippen LogP contribution in [0.1, 0.15) is 18.4 Å². The van der Waals surface area contributed by atoms with Crippen LogP contribution < -0.4 is 9.80 Å². The zero-order chi connectivity index (χ0) is 20.2. The lowest BCUT2D eigenvalue weighted by Gasteiger charge is -2.38.